The molecule has 17 heteroatoms. The monoisotopic (exact) mass is 679 g/mol. The van der Waals surface area contributed by atoms with Gasteiger partial charge in [-0.3, -0.25) is 0 Å². The molecule has 13 nitrogen and oxygen atoms in total. The van der Waals surface area contributed by atoms with Crippen LogP contribution in [0.4, 0.5) is 0 Å². The van der Waals surface area contributed by atoms with Crippen LogP contribution >= 0.6 is 0 Å². The summed E-state index contributed by atoms with van der Waals surface area (Å²) in [4.78, 5) is 0. The largest absolute Gasteiger partial charge is 0.493 e. The summed E-state index contributed by atoms with van der Waals surface area (Å²) >= 11 is 0. The van der Waals surface area contributed by atoms with E-state index >= 15 is 0 Å². The van der Waals surface area contributed by atoms with Gasteiger partial charge in [0.1, 0.15) is 0 Å². The summed E-state index contributed by atoms with van der Waals surface area (Å²) in [5.74, 6) is 0. The molecule has 6 N–H and O–H groups in total. The van der Waals surface area contributed by atoms with E-state index in [0.29, 0.717) is 64.2 Å². The molecule has 0 saturated carbocycles. The molecule has 0 amide bonds. The van der Waals surface area contributed by atoms with E-state index in [9.17, 15) is 0 Å². The lowest BCUT2D eigenvalue weighted by atomic mass is 10.4. The molecule has 42 heavy (non-hydrogen) atoms. The van der Waals surface area contributed by atoms with Crippen LogP contribution in [0.25, 0.3) is 0 Å². The van der Waals surface area contributed by atoms with Crippen LogP contribution in [0, 0.1) is 0 Å². The Morgan fingerprint density at radius 3 is 0.905 bits per heavy atom. The normalized spacial score (nSPS) is 12.9. The molecule has 0 heterocycles. The Labute approximate surface area is 261 Å². The summed E-state index contributed by atoms with van der Waals surface area (Å²) in [6.45, 7) is 13.7. The van der Waals surface area contributed by atoms with Crippen molar-refractivity contribution in [1.82, 2.24) is 0 Å². The van der Waals surface area contributed by atoms with Gasteiger partial charge in [-0.2, -0.15) is 0 Å². The van der Waals surface area contributed by atoms with Gasteiger partial charge in [-0.05, 0) is 73.0 Å². The van der Waals surface area contributed by atoms with Gasteiger partial charge in [-0.25, -0.2) is 0 Å². The van der Waals surface area contributed by atoms with Crippen molar-refractivity contribution in [2.75, 3.05) is 74.5 Å². The molecule has 0 aromatic rings. The zero-order valence-electron chi connectivity index (χ0n) is 28.1. The fourth-order valence-electron chi connectivity index (χ4n) is 4.14. The number of nitrogens with two attached hydrogens (primary N) is 3. The quantitative estimate of drug-likeness (QED) is 0.103. The molecule has 0 fully saturated rings. The third-order valence-electron chi connectivity index (χ3n) is 6.22. The predicted molar refractivity (Wildman–Crippen MR) is 175 cm³/mol. The van der Waals surface area contributed by atoms with E-state index in [2.05, 4.69) is 6.92 Å². The van der Waals surface area contributed by atoms with E-state index in [1.54, 1.807) is 28.4 Å². The molecule has 0 aliphatic rings. The van der Waals surface area contributed by atoms with Crippen molar-refractivity contribution in [3.05, 3.63) is 0 Å². The van der Waals surface area contributed by atoms with Crippen LogP contribution < -0.4 is 17.2 Å². The third kappa shape index (κ3) is 17.2. The topological polar surface area (TPSA) is 170 Å². The van der Waals surface area contributed by atoms with Gasteiger partial charge in [-0.15, -0.1) is 0 Å². The van der Waals surface area contributed by atoms with Crippen molar-refractivity contribution in [1.29, 1.82) is 0 Å². The summed E-state index contributed by atoms with van der Waals surface area (Å²) in [7, 11) is -4.79. The van der Waals surface area contributed by atoms with Crippen molar-refractivity contribution in [3.63, 3.8) is 0 Å². The van der Waals surface area contributed by atoms with Gasteiger partial charge in [0.2, 0.25) is 0 Å². The SMILES string of the molecule is CCCC[Si](OC)(OC)O[Si](CCCN)(OC)OC.CCO[Si](CCCN)(OCC)O[Si](CCCN)(OCC)OCC. The molecule has 0 atom stereocenters. The zero-order chi connectivity index (χ0) is 32.4. The van der Waals surface area contributed by atoms with E-state index in [1.165, 1.54) is 0 Å². The first-order valence-electron chi connectivity index (χ1n) is 15.4. The van der Waals surface area contributed by atoms with Gasteiger partial charge in [-0.1, -0.05) is 13.3 Å². The second-order valence-corrected chi connectivity index (χ2v) is 21.1. The second-order valence-electron chi connectivity index (χ2n) is 9.26. The van der Waals surface area contributed by atoms with E-state index in [4.69, 9.17) is 60.8 Å². The van der Waals surface area contributed by atoms with Crippen LogP contribution in [0.15, 0.2) is 0 Å². The van der Waals surface area contributed by atoms with Crippen molar-refractivity contribution < 1.29 is 43.6 Å². The Bertz CT molecular complexity index is 553. The number of rotatable bonds is 28. The minimum Gasteiger partial charge on any atom is -0.377 e. The maximum atomic E-state index is 6.47. The van der Waals surface area contributed by atoms with Gasteiger partial charge < -0.3 is 60.8 Å². The fraction of sp³-hybridized carbons (Fsp3) is 1.00. The highest BCUT2D eigenvalue weighted by molar-refractivity contribution is 6.75. The molecule has 256 valence electrons. The van der Waals surface area contributed by atoms with Crippen molar-refractivity contribution in [3.8, 4) is 0 Å². The van der Waals surface area contributed by atoms with Crippen molar-refractivity contribution in [2.24, 2.45) is 17.2 Å². The Morgan fingerprint density at radius 2 is 0.667 bits per heavy atom. The molecule has 0 rings (SSSR count). The predicted octanol–water partition coefficient (Wildman–Crippen LogP) is 3.34. The van der Waals surface area contributed by atoms with Crippen LogP contribution in [0.5, 0.6) is 0 Å². The Hall–Kier alpha value is 0.348. The Balaban J connectivity index is 0. The summed E-state index contributed by atoms with van der Waals surface area (Å²) < 4.78 is 58.8. The minimum absolute atomic E-state index is 0.524. The molecule has 0 aliphatic carbocycles. The van der Waals surface area contributed by atoms with Crippen LogP contribution in [0.2, 0.25) is 24.2 Å². The van der Waals surface area contributed by atoms with Gasteiger partial charge in [0.05, 0.1) is 0 Å². The number of unbranched alkanes of at least 4 members (excludes halogenated alkanes) is 1. The van der Waals surface area contributed by atoms with E-state index in [-0.39, 0.29) is 0 Å². The molecule has 0 radical (unpaired) electrons. The molecule has 0 saturated heterocycles. The van der Waals surface area contributed by atoms with Crippen LogP contribution in [-0.2, 0) is 43.6 Å². The Morgan fingerprint density at radius 1 is 0.405 bits per heavy atom. The first-order chi connectivity index (χ1) is 20.1. The van der Waals surface area contributed by atoms with Crippen molar-refractivity contribution >= 4 is 35.2 Å². The lowest BCUT2D eigenvalue weighted by Gasteiger charge is -2.38. The highest BCUT2D eigenvalue weighted by Crippen LogP contribution is 2.28. The highest BCUT2D eigenvalue weighted by atomic mass is 28.5. The minimum atomic E-state index is -2.89. The molecular weight excluding hydrogens is 615 g/mol. The molecule has 0 aliphatic heterocycles. The maximum absolute atomic E-state index is 6.47. The smallest absolute Gasteiger partial charge is 0.377 e. The average molecular weight is 680 g/mol. The van der Waals surface area contributed by atoms with E-state index in [0.717, 1.165) is 38.1 Å². The Kier molecular flexibility index (Phi) is 28.1. The molecular formula is C25H65N3O10Si4. The maximum Gasteiger partial charge on any atom is 0.493 e. The van der Waals surface area contributed by atoms with Crippen molar-refractivity contribution in [2.45, 2.75) is 90.9 Å². The third-order valence-corrected chi connectivity index (χ3v) is 20.5. The first-order valence-corrected chi connectivity index (χ1v) is 23.1. The summed E-state index contributed by atoms with van der Waals surface area (Å²) in [6.07, 6.45) is 4.40. The molecule has 0 unspecified atom stereocenters. The summed E-state index contributed by atoms with van der Waals surface area (Å²) in [5, 5.41) is 0. The average Bonchev–Trinajstić information content (AvgIpc) is 3.00. The number of hydrogen-bond donors (Lipinski definition) is 3. The zero-order valence-corrected chi connectivity index (χ0v) is 32.1. The lowest BCUT2D eigenvalue weighted by Crippen LogP contribution is -2.59. The number of hydrogen-bond acceptors (Lipinski definition) is 13. The standard InChI is InChI=1S/C14H36N2O5Si2.C11H29NO5Si2/c1-5-17-22(18-6-2,13-9-11-15)21-23(19-7-3,20-8-4)14-10-12-16;1-6-7-10-18(13-2,14-3)17-19(15-4,16-5)11-8-9-12/h5-16H2,1-4H3;6-12H2,1-5H3. The van der Waals surface area contributed by atoms with Gasteiger partial charge >= 0.3 is 35.2 Å². The van der Waals surface area contributed by atoms with Crippen LogP contribution in [0.1, 0.15) is 66.7 Å². The lowest BCUT2D eigenvalue weighted by molar-refractivity contribution is 0.0490. The molecule has 0 spiro atoms. The summed E-state index contributed by atoms with van der Waals surface area (Å²) in [6, 6.07) is 2.77. The molecule has 0 aromatic carbocycles. The van der Waals surface area contributed by atoms with Crippen LogP contribution in [0.3, 0.4) is 0 Å². The van der Waals surface area contributed by atoms with Gasteiger partial charge in [0.25, 0.3) is 0 Å². The van der Waals surface area contributed by atoms with E-state index in [1.807, 2.05) is 27.7 Å². The van der Waals surface area contributed by atoms with E-state index < -0.39 is 35.2 Å². The second kappa shape index (κ2) is 26.6. The fourth-order valence-corrected chi connectivity index (χ4v) is 18.2. The molecule has 0 aromatic heterocycles. The van der Waals surface area contributed by atoms with Gasteiger partial charge in [0, 0.05) is 79.0 Å². The van der Waals surface area contributed by atoms with Crippen LogP contribution in [-0.4, -0.2) is 110 Å². The summed E-state index contributed by atoms with van der Waals surface area (Å²) in [5.41, 5.74) is 16.9. The first kappa shape index (κ1) is 44.5. The van der Waals surface area contributed by atoms with Gasteiger partial charge in [0.15, 0.2) is 0 Å². The molecule has 0 bridgehead atoms. The highest BCUT2D eigenvalue weighted by Gasteiger charge is 2.53.